The van der Waals surface area contributed by atoms with Gasteiger partial charge in [0.25, 0.3) is 5.56 Å². The van der Waals surface area contributed by atoms with E-state index >= 15 is 0 Å². The Kier molecular flexibility index (Phi) is 3.83. The minimum absolute atomic E-state index is 0.119. The molecule has 1 aliphatic heterocycles. The Balaban J connectivity index is 1.48. The van der Waals surface area contributed by atoms with Crippen molar-refractivity contribution in [3.05, 3.63) is 46.6 Å². The van der Waals surface area contributed by atoms with E-state index in [1.165, 1.54) is 21.8 Å². The largest absolute Gasteiger partial charge is 0.454 e. The van der Waals surface area contributed by atoms with Crippen LogP contribution in [0.15, 0.2) is 35.5 Å². The zero-order valence-electron chi connectivity index (χ0n) is 14.3. The molecule has 3 aromatic rings. The third kappa shape index (κ3) is 2.77. The van der Waals surface area contributed by atoms with Crippen molar-refractivity contribution in [3.8, 4) is 11.5 Å². The van der Waals surface area contributed by atoms with Crippen LogP contribution in [0.2, 0.25) is 0 Å². The van der Waals surface area contributed by atoms with E-state index in [9.17, 15) is 9.59 Å². The summed E-state index contributed by atoms with van der Waals surface area (Å²) in [6, 6.07) is 5.27. The van der Waals surface area contributed by atoms with E-state index in [4.69, 9.17) is 9.47 Å². The highest BCUT2D eigenvalue weighted by Gasteiger charge is 2.17. The molecule has 1 amide bonds. The monoisotopic (exact) mass is 355 g/mol. The second-order valence-corrected chi connectivity index (χ2v) is 6.08. The Morgan fingerprint density at radius 2 is 2.15 bits per heavy atom. The molecule has 2 aromatic heterocycles. The van der Waals surface area contributed by atoms with Gasteiger partial charge in [0.15, 0.2) is 17.1 Å². The molecule has 134 valence electrons. The van der Waals surface area contributed by atoms with Gasteiger partial charge in [0.2, 0.25) is 12.7 Å². The molecular weight excluding hydrogens is 338 g/mol. The number of aromatic nitrogens is 4. The highest BCUT2D eigenvalue weighted by molar-refractivity contribution is 5.77. The van der Waals surface area contributed by atoms with Crippen LogP contribution in [0.25, 0.3) is 11.0 Å². The van der Waals surface area contributed by atoms with Gasteiger partial charge in [-0.25, -0.2) is 4.98 Å². The average molecular weight is 355 g/mol. The van der Waals surface area contributed by atoms with Crippen LogP contribution in [0, 0.1) is 0 Å². The van der Waals surface area contributed by atoms with Crippen molar-refractivity contribution in [2.45, 2.75) is 19.5 Å². The predicted octanol–water partition coefficient (Wildman–Crippen LogP) is 0.736. The Morgan fingerprint density at radius 1 is 1.35 bits per heavy atom. The highest BCUT2D eigenvalue weighted by Crippen LogP contribution is 2.34. The Morgan fingerprint density at radius 3 is 3.00 bits per heavy atom. The van der Waals surface area contributed by atoms with Gasteiger partial charge in [0, 0.05) is 7.05 Å². The Bertz CT molecular complexity index is 1050. The van der Waals surface area contributed by atoms with E-state index in [-0.39, 0.29) is 30.8 Å². The first-order chi connectivity index (χ1) is 12.5. The van der Waals surface area contributed by atoms with Gasteiger partial charge in [-0.3, -0.25) is 18.8 Å². The van der Waals surface area contributed by atoms with Crippen LogP contribution in [-0.2, 0) is 18.4 Å². The first-order valence-electron chi connectivity index (χ1n) is 8.09. The molecule has 0 spiro atoms. The van der Waals surface area contributed by atoms with Gasteiger partial charge in [0.05, 0.1) is 12.2 Å². The van der Waals surface area contributed by atoms with E-state index in [0.29, 0.717) is 22.5 Å². The average Bonchev–Trinajstić information content (AvgIpc) is 3.23. The number of hydrogen-bond acceptors (Lipinski definition) is 6. The number of nitrogens with zero attached hydrogens (tertiary/aromatic N) is 4. The number of ether oxygens (including phenoxy) is 2. The number of aryl methyl sites for hydroxylation is 1. The molecule has 0 saturated heterocycles. The van der Waals surface area contributed by atoms with Crippen LogP contribution in [0.3, 0.4) is 0 Å². The molecule has 0 saturated carbocycles. The highest BCUT2D eigenvalue weighted by atomic mass is 16.7. The van der Waals surface area contributed by atoms with Crippen molar-refractivity contribution in [2.24, 2.45) is 7.05 Å². The molecule has 0 aliphatic carbocycles. The number of nitrogens with one attached hydrogen (secondary N) is 1. The first-order valence-corrected chi connectivity index (χ1v) is 8.09. The summed E-state index contributed by atoms with van der Waals surface area (Å²) in [6.07, 6.45) is 2.81. The molecule has 9 heteroatoms. The van der Waals surface area contributed by atoms with Gasteiger partial charge in [0.1, 0.15) is 18.3 Å². The molecule has 0 fully saturated rings. The predicted molar refractivity (Wildman–Crippen MR) is 91.9 cm³/mol. The molecule has 1 N–H and O–H groups in total. The second kappa shape index (κ2) is 6.17. The standard InChI is InChI=1S/C17H17N5O4/c1-10(11-3-4-13-14(5-11)26-9-25-13)20-15(23)7-22-8-18-16-12(17(22)24)6-19-21(16)2/h3-6,8,10H,7,9H2,1-2H3,(H,20,23)/t10-/m0/s1. The number of fused-ring (bicyclic) bond motifs is 2. The van der Waals surface area contributed by atoms with Crippen LogP contribution in [-0.4, -0.2) is 32.0 Å². The molecule has 3 heterocycles. The maximum atomic E-state index is 12.4. The van der Waals surface area contributed by atoms with Crippen molar-refractivity contribution >= 4 is 16.9 Å². The fourth-order valence-corrected chi connectivity index (χ4v) is 2.89. The zero-order valence-corrected chi connectivity index (χ0v) is 14.3. The Hall–Kier alpha value is -3.36. The van der Waals surface area contributed by atoms with Crippen molar-refractivity contribution in [3.63, 3.8) is 0 Å². The summed E-state index contributed by atoms with van der Waals surface area (Å²) in [5, 5.41) is 7.27. The summed E-state index contributed by atoms with van der Waals surface area (Å²) in [7, 11) is 1.71. The SMILES string of the molecule is C[C@H](NC(=O)Cn1cnc2c(cnn2C)c1=O)c1ccc2c(c1)OCO2. The molecule has 4 rings (SSSR count). The normalized spacial score (nSPS) is 13.8. The molecule has 1 aromatic carbocycles. The fourth-order valence-electron chi connectivity index (χ4n) is 2.89. The van der Waals surface area contributed by atoms with Crippen LogP contribution in [0.4, 0.5) is 0 Å². The van der Waals surface area contributed by atoms with Gasteiger partial charge in [-0.05, 0) is 24.6 Å². The molecule has 1 atom stereocenters. The summed E-state index contributed by atoms with van der Waals surface area (Å²) in [6.45, 7) is 1.94. The van der Waals surface area contributed by atoms with E-state index in [0.717, 1.165) is 5.56 Å². The minimum Gasteiger partial charge on any atom is -0.454 e. The second-order valence-electron chi connectivity index (χ2n) is 6.08. The van der Waals surface area contributed by atoms with Crippen molar-refractivity contribution in [2.75, 3.05) is 6.79 Å². The summed E-state index contributed by atoms with van der Waals surface area (Å²) in [5.74, 6) is 1.06. The summed E-state index contributed by atoms with van der Waals surface area (Å²) >= 11 is 0. The fraction of sp³-hybridized carbons (Fsp3) is 0.294. The van der Waals surface area contributed by atoms with Gasteiger partial charge < -0.3 is 14.8 Å². The lowest BCUT2D eigenvalue weighted by atomic mass is 10.1. The number of rotatable bonds is 4. The van der Waals surface area contributed by atoms with Crippen molar-refractivity contribution < 1.29 is 14.3 Å². The number of amides is 1. The quantitative estimate of drug-likeness (QED) is 0.741. The summed E-state index contributed by atoms with van der Waals surface area (Å²) in [4.78, 5) is 29.0. The molecule has 26 heavy (non-hydrogen) atoms. The van der Waals surface area contributed by atoms with Crippen LogP contribution < -0.4 is 20.3 Å². The van der Waals surface area contributed by atoms with E-state index in [1.54, 1.807) is 7.05 Å². The third-order valence-corrected chi connectivity index (χ3v) is 4.31. The van der Waals surface area contributed by atoms with Crippen LogP contribution in [0.5, 0.6) is 11.5 Å². The van der Waals surface area contributed by atoms with Crippen molar-refractivity contribution in [1.29, 1.82) is 0 Å². The van der Waals surface area contributed by atoms with Crippen LogP contribution >= 0.6 is 0 Å². The molecule has 0 unspecified atom stereocenters. The summed E-state index contributed by atoms with van der Waals surface area (Å²) in [5.41, 5.74) is 1.07. The third-order valence-electron chi connectivity index (χ3n) is 4.31. The molecular formula is C17H17N5O4. The Labute approximate surface area is 148 Å². The smallest absolute Gasteiger partial charge is 0.264 e. The topological polar surface area (TPSA) is 100 Å². The number of benzene rings is 1. The van der Waals surface area contributed by atoms with E-state index in [1.807, 2.05) is 25.1 Å². The number of carbonyl (C=O) groups is 1. The van der Waals surface area contributed by atoms with Gasteiger partial charge in [-0.2, -0.15) is 5.10 Å². The molecule has 0 radical (unpaired) electrons. The lowest BCUT2D eigenvalue weighted by Gasteiger charge is -2.15. The zero-order chi connectivity index (χ0) is 18.3. The number of hydrogen-bond donors (Lipinski definition) is 1. The van der Waals surface area contributed by atoms with Gasteiger partial charge in [-0.1, -0.05) is 6.07 Å². The lowest BCUT2D eigenvalue weighted by Crippen LogP contribution is -2.33. The number of carbonyl (C=O) groups excluding carboxylic acids is 1. The first kappa shape index (κ1) is 16.1. The van der Waals surface area contributed by atoms with Gasteiger partial charge >= 0.3 is 0 Å². The van der Waals surface area contributed by atoms with Gasteiger partial charge in [-0.15, -0.1) is 0 Å². The lowest BCUT2D eigenvalue weighted by molar-refractivity contribution is -0.122. The maximum Gasteiger partial charge on any atom is 0.264 e. The van der Waals surface area contributed by atoms with Crippen molar-refractivity contribution in [1.82, 2.24) is 24.6 Å². The minimum atomic E-state index is -0.297. The molecule has 0 bridgehead atoms. The van der Waals surface area contributed by atoms with E-state index in [2.05, 4.69) is 15.4 Å². The molecule has 1 aliphatic rings. The van der Waals surface area contributed by atoms with E-state index < -0.39 is 0 Å². The maximum absolute atomic E-state index is 12.4. The van der Waals surface area contributed by atoms with Crippen LogP contribution in [0.1, 0.15) is 18.5 Å². The summed E-state index contributed by atoms with van der Waals surface area (Å²) < 4.78 is 13.4. The molecule has 9 nitrogen and oxygen atoms in total.